The van der Waals surface area contributed by atoms with Crippen molar-refractivity contribution in [1.82, 2.24) is 0 Å². The normalized spacial score (nSPS) is 19.8. The molecule has 1 aliphatic heterocycles. The van der Waals surface area contributed by atoms with Crippen molar-refractivity contribution in [3.8, 4) is 0 Å². The van der Waals surface area contributed by atoms with E-state index in [1.54, 1.807) is 6.26 Å². The fourth-order valence-corrected chi connectivity index (χ4v) is 0.765. The lowest BCUT2D eigenvalue weighted by atomic mass is 10.5. The van der Waals surface area contributed by atoms with Gasteiger partial charge in [-0.2, -0.15) is 0 Å². The summed E-state index contributed by atoms with van der Waals surface area (Å²) in [5, 5.41) is 0. The standard InChI is InChI=1S/C4H5IO/c5-4-1-2-6-3-4/h3H,1-2H2. The van der Waals surface area contributed by atoms with E-state index in [-0.39, 0.29) is 0 Å². The second-order valence-corrected chi connectivity index (χ2v) is 2.57. The monoisotopic (exact) mass is 196 g/mol. The van der Waals surface area contributed by atoms with Crippen molar-refractivity contribution < 1.29 is 4.74 Å². The highest BCUT2D eigenvalue weighted by molar-refractivity contribution is 14.1. The molecule has 0 aliphatic carbocycles. The molecule has 0 unspecified atom stereocenters. The molecule has 1 rings (SSSR count). The maximum absolute atomic E-state index is 4.89. The van der Waals surface area contributed by atoms with Crippen LogP contribution in [0.25, 0.3) is 0 Å². The molecule has 1 nitrogen and oxygen atoms in total. The first kappa shape index (κ1) is 4.43. The van der Waals surface area contributed by atoms with Crippen LogP contribution in [-0.4, -0.2) is 6.61 Å². The van der Waals surface area contributed by atoms with Crippen LogP contribution in [0.15, 0.2) is 9.84 Å². The first-order chi connectivity index (χ1) is 2.89. The molecule has 0 radical (unpaired) electrons. The summed E-state index contributed by atoms with van der Waals surface area (Å²) in [6.07, 6.45) is 2.92. The molecule has 1 aliphatic rings. The Morgan fingerprint density at radius 1 is 1.83 bits per heavy atom. The van der Waals surface area contributed by atoms with Gasteiger partial charge in [0.15, 0.2) is 0 Å². The highest BCUT2D eigenvalue weighted by Crippen LogP contribution is 2.16. The van der Waals surface area contributed by atoms with Crippen LogP contribution in [0.2, 0.25) is 0 Å². The summed E-state index contributed by atoms with van der Waals surface area (Å²) in [6.45, 7) is 0.887. The molecule has 0 aromatic carbocycles. The van der Waals surface area contributed by atoms with Gasteiger partial charge in [-0.25, -0.2) is 0 Å². The lowest BCUT2D eigenvalue weighted by Gasteiger charge is -1.79. The zero-order valence-electron chi connectivity index (χ0n) is 3.28. The summed E-state index contributed by atoms with van der Waals surface area (Å²) >= 11 is 2.27. The Balaban J connectivity index is 2.45. The summed E-state index contributed by atoms with van der Waals surface area (Å²) in [5.74, 6) is 0. The molecule has 0 bridgehead atoms. The molecule has 34 valence electrons. The van der Waals surface area contributed by atoms with Gasteiger partial charge in [0.2, 0.25) is 0 Å². The van der Waals surface area contributed by atoms with E-state index in [0.29, 0.717) is 0 Å². The highest BCUT2D eigenvalue weighted by atomic mass is 127. The summed E-state index contributed by atoms with van der Waals surface area (Å²) in [4.78, 5) is 0. The predicted molar refractivity (Wildman–Crippen MR) is 32.7 cm³/mol. The van der Waals surface area contributed by atoms with Crippen LogP contribution in [0, 0.1) is 0 Å². The molecule has 0 amide bonds. The van der Waals surface area contributed by atoms with Gasteiger partial charge < -0.3 is 4.74 Å². The van der Waals surface area contributed by atoms with E-state index in [1.165, 1.54) is 3.58 Å². The third-order valence-corrected chi connectivity index (χ3v) is 1.46. The first-order valence-electron chi connectivity index (χ1n) is 1.86. The van der Waals surface area contributed by atoms with Gasteiger partial charge in [-0.05, 0) is 22.6 Å². The Labute approximate surface area is 50.5 Å². The van der Waals surface area contributed by atoms with Crippen LogP contribution in [0.4, 0.5) is 0 Å². The molecule has 0 atom stereocenters. The summed E-state index contributed by atoms with van der Waals surface area (Å²) in [7, 11) is 0. The molecule has 6 heavy (non-hydrogen) atoms. The van der Waals surface area contributed by atoms with E-state index in [0.717, 1.165) is 13.0 Å². The van der Waals surface area contributed by atoms with Gasteiger partial charge in [-0.3, -0.25) is 0 Å². The summed E-state index contributed by atoms with van der Waals surface area (Å²) < 4.78 is 6.21. The van der Waals surface area contributed by atoms with Crippen LogP contribution in [0.3, 0.4) is 0 Å². The second kappa shape index (κ2) is 1.82. The molecule has 1 heterocycles. The molecular weight excluding hydrogens is 191 g/mol. The zero-order chi connectivity index (χ0) is 4.41. The number of hydrogen-bond donors (Lipinski definition) is 0. The van der Waals surface area contributed by atoms with Crippen molar-refractivity contribution in [3.63, 3.8) is 0 Å². The Morgan fingerprint density at radius 2 is 2.67 bits per heavy atom. The number of ether oxygens (including phenoxy) is 1. The number of halogens is 1. The fourth-order valence-electron chi connectivity index (χ4n) is 0.365. The molecule has 0 spiro atoms. The van der Waals surface area contributed by atoms with Crippen molar-refractivity contribution in [2.45, 2.75) is 6.42 Å². The van der Waals surface area contributed by atoms with E-state index in [2.05, 4.69) is 22.6 Å². The summed E-state index contributed by atoms with van der Waals surface area (Å²) in [5.41, 5.74) is 0. The van der Waals surface area contributed by atoms with Crippen LogP contribution in [-0.2, 0) is 4.74 Å². The maximum atomic E-state index is 4.89. The van der Waals surface area contributed by atoms with Crippen LogP contribution in [0.1, 0.15) is 6.42 Å². The van der Waals surface area contributed by atoms with Crippen molar-refractivity contribution >= 4 is 22.6 Å². The van der Waals surface area contributed by atoms with Gasteiger partial charge in [-0.1, -0.05) is 0 Å². The average molecular weight is 196 g/mol. The Morgan fingerprint density at radius 3 is 2.83 bits per heavy atom. The highest BCUT2D eigenvalue weighted by Gasteiger charge is 1.97. The largest absolute Gasteiger partial charge is 0.500 e. The van der Waals surface area contributed by atoms with Gasteiger partial charge in [0.1, 0.15) is 0 Å². The van der Waals surface area contributed by atoms with Gasteiger partial charge in [0, 0.05) is 10.0 Å². The SMILES string of the molecule is IC1=COCC1. The van der Waals surface area contributed by atoms with Crippen molar-refractivity contribution in [1.29, 1.82) is 0 Å². The van der Waals surface area contributed by atoms with E-state index < -0.39 is 0 Å². The topological polar surface area (TPSA) is 9.23 Å². The van der Waals surface area contributed by atoms with Gasteiger partial charge in [0.25, 0.3) is 0 Å². The van der Waals surface area contributed by atoms with Crippen molar-refractivity contribution in [2.75, 3.05) is 6.61 Å². The Bertz CT molecular complexity index is 77.6. The molecule has 0 aromatic rings. The minimum absolute atomic E-state index is 0.887. The van der Waals surface area contributed by atoms with E-state index in [9.17, 15) is 0 Å². The number of rotatable bonds is 0. The molecule has 0 N–H and O–H groups in total. The second-order valence-electron chi connectivity index (χ2n) is 1.19. The first-order valence-corrected chi connectivity index (χ1v) is 2.93. The molecule has 0 fully saturated rings. The molecule has 2 heteroatoms. The average Bonchev–Trinajstić information content (AvgIpc) is 1.86. The fraction of sp³-hybridized carbons (Fsp3) is 0.500. The van der Waals surface area contributed by atoms with Crippen LogP contribution < -0.4 is 0 Å². The van der Waals surface area contributed by atoms with Gasteiger partial charge >= 0.3 is 0 Å². The molecule has 0 saturated carbocycles. The Kier molecular flexibility index (Phi) is 1.34. The smallest absolute Gasteiger partial charge is 0.0923 e. The zero-order valence-corrected chi connectivity index (χ0v) is 5.44. The van der Waals surface area contributed by atoms with Gasteiger partial charge in [-0.15, -0.1) is 0 Å². The molecule has 0 aromatic heterocycles. The number of hydrogen-bond acceptors (Lipinski definition) is 1. The maximum Gasteiger partial charge on any atom is 0.0923 e. The van der Waals surface area contributed by atoms with E-state index >= 15 is 0 Å². The third-order valence-electron chi connectivity index (χ3n) is 0.670. The lowest BCUT2D eigenvalue weighted by Crippen LogP contribution is -1.71. The van der Waals surface area contributed by atoms with Crippen LogP contribution in [0.5, 0.6) is 0 Å². The van der Waals surface area contributed by atoms with Gasteiger partial charge in [0.05, 0.1) is 12.9 Å². The third kappa shape index (κ3) is 0.864. The molecular formula is C4H5IO. The minimum atomic E-state index is 0.887. The minimum Gasteiger partial charge on any atom is -0.500 e. The van der Waals surface area contributed by atoms with Crippen molar-refractivity contribution in [2.24, 2.45) is 0 Å². The molecule has 0 saturated heterocycles. The van der Waals surface area contributed by atoms with Crippen molar-refractivity contribution in [3.05, 3.63) is 9.84 Å². The quantitative estimate of drug-likeness (QED) is 0.535. The summed E-state index contributed by atoms with van der Waals surface area (Å²) in [6, 6.07) is 0. The lowest BCUT2D eigenvalue weighted by molar-refractivity contribution is 0.281. The predicted octanol–water partition coefficient (Wildman–Crippen LogP) is 1.68. The van der Waals surface area contributed by atoms with E-state index in [1.807, 2.05) is 0 Å². The van der Waals surface area contributed by atoms with E-state index in [4.69, 9.17) is 4.74 Å². The Hall–Kier alpha value is 0.270. The van der Waals surface area contributed by atoms with Crippen LogP contribution >= 0.6 is 22.6 Å².